The van der Waals surface area contributed by atoms with Crippen LogP contribution in [0.4, 0.5) is 23.0 Å². The zero-order valence-corrected chi connectivity index (χ0v) is 24.8. The van der Waals surface area contributed by atoms with E-state index in [0.29, 0.717) is 23.7 Å². The highest BCUT2D eigenvalue weighted by molar-refractivity contribution is 5.88. The third kappa shape index (κ3) is 4.76. The Hall–Kier alpha value is -2.88. The summed E-state index contributed by atoms with van der Waals surface area (Å²) < 4.78 is 0. The van der Waals surface area contributed by atoms with Crippen LogP contribution in [0.15, 0.2) is 48.8 Å². The fraction of sp³-hybridized carbons (Fsp3) is 0.515. The minimum absolute atomic E-state index is 0.0136. The predicted molar refractivity (Wildman–Crippen MR) is 159 cm³/mol. The minimum Gasteiger partial charge on any atom is -0.301 e. The molecule has 1 aliphatic rings. The van der Waals surface area contributed by atoms with Gasteiger partial charge < -0.3 is 9.80 Å². The van der Waals surface area contributed by atoms with Gasteiger partial charge in [-0.05, 0) is 45.9 Å². The second-order valence-electron chi connectivity index (χ2n) is 12.9. The first-order chi connectivity index (χ1) is 17.4. The van der Waals surface area contributed by atoms with E-state index in [9.17, 15) is 0 Å². The van der Waals surface area contributed by atoms with Crippen molar-refractivity contribution in [2.75, 3.05) is 9.80 Å². The number of hydrogen-bond acceptors (Lipinski definition) is 4. The van der Waals surface area contributed by atoms with Crippen molar-refractivity contribution in [3.8, 4) is 0 Å². The first-order valence-corrected chi connectivity index (χ1v) is 14.0. The van der Waals surface area contributed by atoms with E-state index in [0.717, 1.165) is 11.6 Å². The van der Waals surface area contributed by atoms with Crippen molar-refractivity contribution in [2.24, 2.45) is 5.41 Å². The lowest BCUT2D eigenvalue weighted by Crippen LogP contribution is -2.49. The van der Waals surface area contributed by atoms with Crippen molar-refractivity contribution in [2.45, 2.75) is 106 Å². The van der Waals surface area contributed by atoms with E-state index < -0.39 is 0 Å². The highest BCUT2D eigenvalue weighted by Gasteiger charge is 2.48. The summed E-state index contributed by atoms with van der Waals surface area (Å²) in [6.45, 7) is 25.4. The third-order valence-corrected chi connectivity index (χ3v) is 7.55. The van der Waals surface area contributed by atoms with Crippen molar-refractivity contribution in [1.82, 2.24) is 9.97 Å². The summed E-state index contributed by atoms with van der Waals surface area (Å²) in [5.74, 6) is 3.45. The largest absolute Gasteiger partial charge is 0.301 e. The maximum atomic E-state index is 5.03. The van der Waals surface area contributed by atoms with Crippen LogP contribution in [0.25, 0.3) is 0 Å². The highest BCUT2D eigenvalue weighted by Crippen LogP contribution is 2.55. The number of nitrogens with zero attached hydrogens (tertiary/aromatic N) is 4. The van der Waals surface area contributed by atoms with Crippen LogP contribution in [0.2, 0.25) is 0 Å². The van der Waals surface area contributed by atoms with E-state index >= 15 is 0 Å². The van der Waals surface area contributed by atoms with Crippen LogP contribution in [0.3, 0.4) is 0 Å². The fourth-order valence-corrected chi connectivity index (χ4v) is 5.82. The Morgan fingerprint density at radius 2 is 0.865 bits per heavy atom. The molecule has 0 fully saturated rings. The molecule has 0 unspecified atom stereocenters. The highest BCUT2D eigenvalue weighted by atomic mass is 15.5. The average molecular weight is 499 g/mol. The van der Waals surface area contributed by atoms with Gasteiger partial charge in [0.15, 0.2) is 11.6 Å². The summed E-state index contributed by atoms with van der Waals surface area (Å²) in [5, 5.41) is 0. The van der Waals surface area contributed by atoms with E-state index in [4.69, 9.17) is 9.97 Å². The molecule has 4 rings (SSSR count). The standard InChI is InChI=1S/C33H46N4/c1-20(2)24-14-12-15-25(21(3)4)28(24)36-30-31(35-19-18-34-30)37(32(36)33(9,10)11)29-26(22(5)6)16-13-17-27(29)23(7)8/h12-23,32H,1-11H3. The van der Waals surface area contributed by atoms with Crippen LogP contribution in [0.5, 0.6) is 0 Å². The molecule has 2 aromatic carbocycles. The molecule has 0 aliphatic carbocycles. The van der Waals surface area contributed by atoms with Gasteiger partial charge in [-0.3, -0.25) is 0 Å². The van der Waals surface area contributed by atoms with Gasteiger partial charge in [-0.1, -0.05) is 113 Å². The van der Waals surface area contributed by atoms with E-state index in [1.54, 1.807) is 0 Å². The average Bonchev–Trinajstić information content (AvgIpc) is 3.18. The van der Waals surface area contributed by atoms with Crippen LogP contribution in [-0.4, -0.2) is 16.1 Å². The molecule has 0 saturated carbocycles. The van der Waals surface area contributed by atoms with Crippen molar-refractivity contribution in [3.63, 3.8) is 0 Å². The Kier molecular flexibility index (Phi) is 7.43. The molecule has 0 atom stereocenters. The molecule has 0 N–H and O–H groups in total. The predicted octanol–water partition coefficient (Wildman–Crippen LogP) is 9.63. The number of rotatable bonds is 6. The quantitative estimate of drug-likeness (QED) is 0.338. The second kappa shape index (κ2) is 10.1. The molecule has 3 aromatic rings. The summed E-state index contributed by atoms with van der Waals surface area (Å²) in [7, 11) is 0. The Balaban J connectivity index is 2.13. The second-order valence-corrected chi connectivity index (χ2v) is 12.9. The SMILES string of the molecule is CC(C)c1cccc(C(C)C)c1N1c2nccnc2N(c2c(C(C)C)cccc2C(C)C)C1C(C)(C)C. The molecule has 198 valence electrons. The molecule has 1 aliphatic heterocycles. The Labute approximate surface area is 225 Å². The molecule has 0 radical (unpaired) electrons. The van der Waals surface area contributed by atoms with Crippen LogP contribution < -0.4 is 9.80 Å². The molecule has 4 heteroatoms. The fourth-order valence-electron chi connectivity index (χ4n) is 5.82. The zero-order chi connectivity index (χ0) is 27.2. The lowest BCUT2D eigenvalue weighted by molar-refractivity contribution is 0.327. The maximum Gasteiger partial charge on any atom is 0.178 e. The van der Waals surface area contributed by atoms with E-state index in [1.165, 1.54) is 33.6 Å². The van der Waals surface area contributed by atoms with Gasteiger partial charge >= 0.3 is 0 Å². The van der Waals surface area contributed by atoms with Crippen LogP contribution >= 0.6 is 0 Å². The summed E-state index contributed by atoms with van der Waals surface area (Å²) in [6, 6.07) is 13.6. The number of aromatic nitrogens is 2. The van der Waals surface area contributed by atoms with Crippen molar-refractivity contribution in [3.05, 3.63) is 71.0 Å². The van der Waals surface area contributed by atoms with Gasteiger partial charge in [-0.2, -0.15) is 0 Å². The number of benzene rings is 2. The van der Waals surface area contributed by atoms with Crippen molar-refractivity contribution in [1.29, 1.82) is 0 Å². The molecule has 0 amide bonds. The van der Waals surface area contributed by atoms with E-state index in [-0.39, 0.29) is 11.6 Å². The Bertz CT molecular complexity index is 1110. The van der Waals surface area contributed by atoms with Gasteiger partial charge in [-0.15, -0.1) is 0 Å². The molecule has 2 heterocycles. The van der Waals surface area contributed by atoms with E-state index in [2.05, 4.69) is 122 Å². The molecular formula is C33H46N4. The Morgan fingerprint density at radius 3 is 1.11 bits per heavy atom. The van der Waals surface area contributed by atoms with Crippen LogP contribution in [0, 0.1) is 5.41 Å². The number of anilines is 4. The lowest BCUT2D eigenvalue weighted by atomic mass is 9.86. The molecule has 1 aromatic heterocycles. The first-order valence-electron chi connectivity index (χ1n) is 14.0. The van der Waals surface area contributed by atoms with E-state index in [1.807, 2.05) is 12.4 Å². The molecule has 4 nitrogen and oxygen atoms in total. The summed E-state index contributed by atoms with van der Waals surface area (Å²) >= 11 is 0. The molecular weight excluding hydrogens is 452 g/mol. The van der Waals surface area contributed by atoms with Gasteiger partial charge in [0.05, 0.1) is 11.4 Å². The van der Waals surface area contributed by atoms with Crippen molar-refractivity contribution >= 4 is 23.0 Å². The first kappa shape index (κ1) is 27.2. The smallest absolute Gasteiger partial charge is 0.178 e. The summed E-state index contributed by atoms with van der Waals surface area (Å²) in [4.78, 5) is 15.1. The minimum atomic E-state index is -0.0982. The van der Waals surface area contributed by atoms with Gasteiger partial charge in [0.25, 0.3) is 0 Å². The van der Waals surface area contributed by atoms with Crippen molar-refractivity contribution < 1.29 is 0 Å². The lowest BCUT2D eigenvalue weighted by Gasteiger charge is -2.44. The molecule has 0 bridgehead atoms. The van der Waals surface area contributed by atoms with Gasteiger partial charge in [0.2, 0.25) is 0 Å². The third-order valence-electron chi connectivity index (χ3n) is 7.55. The van der Waals surface area contributed by atoms with Gasteiger partial charge in [0.1, 0.15) is 6.17 Å². The summed E-state index contributed by atoms with van der Waals surface area (Å²) in [6.07, 6.45) is 3.71. The van der Waals surface area contributed by atoms with Crippen LogP contribution in [0.1, 0.15) is 122 Å². The number of fused-ring (bicyclic) bond motifs is 1. The number of para-hydroxylation sites is 2. The van der Waals surface area contributed by atoms with Gasteiger partial charge in [0, 0.05) is 17.8 Å². The van der Waals surface area contributed by atoms with Gasteiger partial charge in [-0.25, -0.2) is 9.97 Å². The normalized spacial score (nSPS) is 14.6. The van der Waals surface area contributed by atoms with Crippen LogP contribution in [-0.2, 0) is 0 Å². The zero-order valence-electron chi connectivity index (χ0n) is 24.8. The monoisotopic (exact) mass is 498 g/mol. The molecule has 37 heavy (non-hydrogen) atoms. The molecule has 0 saturated heterocycles. The molecule has 0 spiro atoms. The topological polar surface area (TPSA) is 32.3 Å². The number of hydrogen-bond donors (Lipinski definition) is 0. The maximum absolute atomic E-state index is 5.03. The Morgan fingerprint density at radius 1 is 0.568 bits per heavy atom. The summed E-state index contributed by atoms with van der Waals surface area (Å²) in [5.41, 5.74) is 7.94.